The van der Waals surface area contributed by atoms with Gasteiger partial charge in [0.25, 0.3) is 0 Å². The number of allylic oxidation sites excluding steroid dienone is 1. The molecule has 0 heterocycles. The van der Waals surface area contributed by atoms with E-state index in [0.29, 0.717) is 6.54 Å². The highest BCUT2D eigenvalue weighted by Crippen LogP contribution is 2.35. The second-order valence-electron chi connectivity index (χ2n) is 5.65. The van der Waals surface area contributed by atoms with E-state index in [0.717, 1.165) is 16.7 Å². The van der Waals surface area contributed by atoms with Crippen molar-refractivity contribution in [1.29, 1.82) is 0 Å². The summed E-state index contributed by atoms with van der Waals surface area (Å²) in [6.45, 7) is 2.44. The lowest BCUT2D eigenvalue weighted by Gasteiger charge is -2.19. The first-order chi connectivity index (χ1) is 10.6. The SMILES string of the molecule is CC(C(=O)NCc1ccccc1)C1C=Cc2cc(F)ccc21. The fraction of sp³-hybridized carbons (Fsp3) is 0.211. The zero-order valence-electron chi connectivity index (χ0n) is 12.4. The average Bonchev–Trinajstić information content (AvgIpc) is 2.95. The Morgan fingerprint density at radius 1 is 1.23 bits per heavy atom. The third-order valence-electron chi connectivity index (χ3n) is 4.15. The van der Waals surface area contributed by atoms with Crippen LogP contribution in [-0.2, 0) is 11.3 Å². The van der Waals surface area contributed by atoms with Gasteiger partial charge in [0.1, 0.15) is 5.82 Å². The lowest BCUT2D eigenvalue weighted by atomic mass is 9.88. The molecular weight excluding hydrogens is 277 g/mol. The van der Waals surface area contributed by atoms with Crippen molar-refractivity contribution in [2.75, 3.05) is 0 Å². The van der Waals surface area contributed by atoms with Gasteiger partial charge in [0.2, 0.25) is 5.91 Å². The smallest absolute Gasteiger partial charge is 0.224 e. The van der Waals surface area contributed by atoms with E-state index >= 15 is 0 Å². The molecule has 0 saturated carbocycles. The first-order valence-electron chi connectivity index (χ1n) is 7.44. The molecule has 0 aliphatic heterocycles. The summed E-state index contributed by atoms with van der Waals surface area (Å²) >= 11 is 0. The number of rotatable bonds is 4. The number of carbonyl (C=O) groups excluding carboxylic acids is 1. The number of carbonyl (C=O) groups is 1. The van der Waals surface area contributed by atoms with E-state index in [-0.39, 0.29) is 23.6 Å². The monoisotopic (exact) mass is 295 g/mol. The van der Waals surface area contributed by atoms with Gasteiger partial charge < -0.3 is 5.32 Å². The highest BCUT2D eigenvalue weighted by molar-refractivity contribution is 5.81. The van der Waals surface area contributed by atoms with Crippen LogP contribution in [0.2, 0.25) is 0 Å². The number of hydrogen-bond acceptors (Lipinski definition) is 1. The van der Waals surface area contributed by atoms with Gasteiger partial charge in [-0.1, -0.05) is 55.5 Å². The molecule has 1 N–H and O–H groups in total. The predicted octanol–water partition coefficient (Wildman–Crippen LogP) is 3.89. The fourth-order valence-corrected chi connectivity index (χ4v) is 2.85. The molecule has 2 nitrogen and oxygen atoms in total. The second-order valence-corrected chi connectivity index (χ2v) is 5.65. The van der Waals surface area contributed by atoms with Crippen molar-refractivity contribution >= 4 is 12.0 Å². The Bertz CT molecular complexity index is 709. The highest BCUT2D eigenvalue weighted by atomic mass is 19.1. The van der Waals surface area contributed by atoms with Gasteiger partial charge in [0.05, 0.1) is 0 Å². The number of nitrogens with one attached hydrogen (secondary N) is 1. The minimum absolute atomic E-state index is 0.00590. The topological polar surface area (TPSA) is 29.1 Å². The van der Waals surface area contributed by atoms with Gasteiger partial charge in [-0.2, -0.15) is 0 Å². The van der Waals surface area contributed by atoms with Crippen molar-refractivity contribution in [2.24, 2.45) is 5.92 Å². The summed E-state index contributed by atoms with van der Waals surface area (Å²) in [5, 5.41) is 2.97. The summed E-state index contributed by atoms with van der Waals surface area (Å²) in [6.07, 6.45) is 3.88. The standard InChI is InChI=1S/C19H18FNO/c1-13(19(22)21-12-14-5-3-2-4-6-14)17-9-7-15-11-16(20)8-10-18(15)17/h2-11,13,17H,12H2,1H3,(H,21,22). The summed E-state index contributed by atoms with van der Waals surface area (Å²) in [6, 6.07) is 14.6. The Balaban J connectivity index is 1.66. The maximum Gasteiger partial charge on any atom is 0.224 e. The van der Waals surface area contributed by atoms with Crippen LogP contribution in [0.1, 0.15) is 29.5 Å². The van der Waals surface area contributed by atoms with E-state index in [1.807, 2.05) is 49.4 Å². The molecule has 112 valence electrons. The molecule has 1 amide bonds. The Kier molecular flexibility index (Phi) is 4.05. The van der Waals surface area contributed by atoms with Gasteiger partial charge >= 0.3 is 0 Å². The van der Waals surface area contributed by atoms with Crippen LogP contribution >= 0.6 is 0 Å². The fourth-order valence-electron chi connectivity index (χ4n) is 2.85. The highest BCUT2D eigenvalue weighted by Gasteiger charge is 2.27. The van der Waals surface area contributed by atoms with Crippen LogP contribution in [0.4, 0.5) is 4.39 Å². The number of halogens is 1. The first-order valence-corrected chi connectivity index (χ1v) is 7.44. The van der Waals surface area contributed by atoms with Crippen molar-refractivity contribution in [2.45, 2.75) is 19.4 Å². The molecule has 0 aromatic heterocycles. The maximum atomic E-state index is 13.2. The van der Waals surface area contributed by atoms with Crippen LogP contribution in [0.3, 0.4) is 0 Å². The largest absolute Gasteiger partial charge is 0.352 e. The summed E-state index contributed by atoms with van der Waals surface area (Å²) in [5.41, 5.74) is 2.96. The lowest BCUT2D eigenvalue weighted by molar-refractivity contribution is -0.125. The lowest BCUT2D eigenvalue weighted by Crippen LogP contribution is -2.31. The third-order valence-corrected chi connectivity index (χ3v) is 4.15. The summed E-state index contributed by atoms with van der Waals surface area (Å²) in [5.74, 6) is -0.418. The minimum atomic E-state index is -0.245. The van der Waals surface area contributed by atoms with Crippen LogP contribution in [0.5, 0.6) is 0 Å². The zero-order valence-corrected chi connectivity index (χ0v) is 12.4. The van der Waals surface area contributed by atoms with E-state index in [1.54, 1.807) is 6.07 Å². The van der Waals surface area contributed by atoms with Crippen LogP contribution in [0, 0.1) is 11.7 Å². The number of amides is 1. The second kappa shape index (κ2) is 6.14. The number of fused-ring (bicyclic) bond motifs is 1. The predicted molar refractivity (Wildman–Crippen MR) is 85.6 cm³/mol. The van der Waals surface area contributed by atoms with Crippen molar-refractivity contribution in [3.8, 4) is 0 Å². The molecule has 3 heteroatoms. The average molecular weight is 295 g/mol. The normalized spacial score (nSPS) is 17.1. The molecule has 0 radical (unpaired) electrons. The van der Waals surface area contributed by atoms with Crippen LogP contribution < -0.4 is 5.32 Å². The molecule has 22 heavy (non-hydrogen) atoms. The van der Waals surface area contributed by atoms with E-state index in [9.17, 15) is 9.18 Å². The van der Waals surface area contributed by atoms with Gasteiger partial charge in [0.15, 0.2) is 0 Å². The quantitative estimate of drug-likeness (QED) is 0.911. The summed E-state index contributed by atoms with van der Waals surface area (Å²) in [7, 11) is 0. The van der Waals surface area contributed by atoms with E-state index in [1.165, 1.54) is 12.1 Å². The van der Waals surface area contributed by atoms with Gasteiger partial charge in [-0.3, -0.25) is 4.79 Å². The Labute approximate surface area is 129 Å². The van der Waals surface area contributed by atoms with Crippen molar-refractivity contribution in [3.63, 3.8) is 0 Å². The molecule has 2 atom stereocenters. The van der Waals surface area contributed by atoms with Crippen molar-refractivity contribution in [1.82, 2.24) is 5.32 Å². The van der Waals surface area contributed by atoms with E-state index in [2.05, 4.69) is 5.32 Å². The molecule has 0 saturated heterocycles. The molecule has 0 bridgehead atoms. The van der Waals surface area contributed by atoms with Gasteiger partial charge in [-0.15, -0.1) is 0 Å². The van der Waals surface area contributed by atoms with E-state index < -0.39 is 0 Å². The molecular formula is C19H18FNO. The maximum absolute atomic E-state index is 13.2. The molecule has 0 fully saturated rings. The number of benzene rings is 2. The molecule has 2 unspecified atom stereocenters. The molecule has 2 aromatic rings. The van der Waals surface area contributed by atoms with Crippen LogP contribution in [0.15, 0.2) is 54.6 Å². The molecule has 0 spiro atoms. The molecule has 3 rings (SSSR count). The summed E-state index contributed by atoms with van der Waals surface area (Å²) in [4.78, 5) is 12.4. The first kappa shape index (κ1) is 14.5. The summed E-state index contributed by atoms with van der Waals surface area (Å²) < 4.78 is 13.2. The molecule has 2 aromatic carbocycles. The Morgan fingerprint density at radius 3 is 2.77 bits per heavy atom. The third kappa shape index (κ3) is 2.93. The molecule has 1 aliphatic rings. The van der Waals surface area contributed by atoms with Crippen molar-refractivity contribution < 1.29 is 9.18 Å². The number of hydrogen-bond donors (Lipinski definition) is 1. The van der Waals surface area contributed by atoms with Gasteiger partial charge in [0, 0.05) is 18.4 Å². The van der Waals surface area contributed by atoms with Gasteiger partial charge in [-0.25, -0.2) is 4.39 Å². The Hall–Kier alpha value is -2.42. The van der Waals surface area contributed by atoms with Gasteiger partial charge in [-0.05, 0) is 28.8 Å². The van der Waals surface area contributed by atoms with E-state index in [4.69, 9.17) is 0 Å². The van der Waals surface area contributed by atoms with Crippen LogP contribution in [-0.4, -0.2) is 5.91 Å². The van der Waals surface area contributed by atoms with Crippen LogP contribution in [0.25, 0.3) is 6.08 Å². The zero-order chi connectivity index (χ0) is 15.5. The minimum Gasteiger partial charge on any atom is -0.352 e. The molecule has 1 aliphatic carbocycles. The van der Waals surface area contributed by atoms with Crippen molar-refractivity contribution in [3.05, 3.63) is 77.1 Å². The Morgan fingerprint density at radius 2 is 2.00 bits per heavy atom.